The molecule has 0 amide bonds. The summed E-state index contributed by atoms with van der Waals surface area (Å²) in [5.74, 6) is 1.40. The van der Waals surface area contributed by atoms with E-state index in [1.54, 1.807) is 20.3 Å². The lowest BCUT2D eigenvalue weighted by Crippen LogP contribution is -2.42. The third-order valence-electron chi connectivity index (χ3n) is 2.59. The Morgan fingerprint density at radius 3 is 2.67 bits per heavy atom. The highest BCUT2D eigenvalue weighted by atomic mass is 16.5. The van der Waals surface area contributed by atoms with E-state index in [2.05, 4.69) is 20.6 Å². The fourth-order valence-corrected chi connectivity index (χ4v) is 1.65. The largest absolute Gasteiger partial charge is 0.481 e. The number of methoxy groups -OCH3 is 2. The van der Waals surface area contributed by atoms with Crippen LogP contribution in [0.1, 0.15) is 0 Å². The molecular weight excluding hydrogens is 236 g/mol. The smallest absolute Gasteiger partial charge is 0.229 e. The molecule has 2 N–H and O–H groups in total. The molecule has 0 aliphatic carbocycles. The lowest BCUT2D eigenvalue weighted by Gasteiger charge is -2.23. The standard InChI is InChI=1S/C11H18N4O3/c1-16-9-5-10(17-2)15-11(14-9)13-7-8-6-12-3-4-18-8/h5,8,12H,3-4,6-7H2,1-2H3,(H,13,14,15). The predicted molar refractivity (Wildman–Crippen MR) is 66.2 cm³/mol. The highest BCUT2D eigenvalue weighted by Crippen LogP contribution is 2.17. The van der Waals surface area contributed by atoms with Gasteiger partial charge in [0.1, 0.15) is 0 Å². The zero-order chi connectivity index (χ0) is 12.8. The number of morpholine rings is 1. The van der Waals surface area contributed by atoms with E-state index in [-0.39, 0.29) is 6.10 Å². The molecule has 7 heteroatoms. The van der Waals surface area contributed by atoms with Gasteiger partial charge in [-0.1, -0.05) is 0 Å². The summed E-state index contributed by atoms with van der Waals surface area (Å²) in [6.07, 6.45) is 0.125. The molecule has 7 nitrogen and oxygen atoms in total. The van der Waals surface area contributed by atoms with Crippen molar-refractivity contribution in [2.75, 3.05) is 45.8 Å². The number of nitrogens with zero attached hydrogens (tertiary/aromatic N) is 2. The van der Waals surface area contributed by atoms with E-state index in [1.165, 1.54) is 0 Å². The average Bonchev–Trinajstić information content (AvgIpc) is 2.45. The van der Waals surface area contributed by atoms with E-state index >= 15 is 0 Å². The summed E-state index contributed by atoms with van der Waals surface area (Å²) < 4.78 is 15.7. The van der Waals surface area contributed by atoms with Crippen molar-refractivity contribution in [1.82, 2.24) is 15.3 Å². The fraction of sp³-hybridized carbons (Fsp3) is 0.636. The number of hydrogen-bond donors (Lipinski definition) is 2. The molecule has 0 bridgehead atoms. The minimum Gasteiger partial charge on any atom is -0.481 e. The van der Waals surface area contributed by atoms with Crippen molar-refractivity contribution in [2.45, 2.75) is 6.10 Å². The predicted octanol–water partition coefficient (Wildman–Crippen LogP) is -0.106. The van der Waals surface area contributed by atoms with Crippen LogP contribution in [0.4, 0.5) is 5.95 Å². The maximum absolute atomic E-state index is 5.57. The molecule has 1 aliphatic heterocycles. The molecule has 100 valence electrons. The van der Waals surface area contributed by atoms with Gasteiger partial charge in [-0.2, -0.15) is 9.97 Å². The third kappa shape index (κ3) is 3.44. The van der Waals surface area contributed by atoms with Gasteiger partial charge in [0.15, 0.2) is 0 Å². The number of ether oxygens (including phenoxy) is 3. The van der Waals surface area contributed by atoms with Crippen LogP contribution in [0.2, 0.25) is 0 Å². The lowest BCUT2D eigenvalue weighted by atomic mass is 10.3. The van der Waals surface area contributed by atoms with Crippen LogP contribution in [0.15, 0.2) is 6.07 Å². The van der Waals surface area contributed by atoms with Crippen LogP contribution in [-0.4, -0.2) is 56.5 Å². The van der Waals surface area contributed by atoms with Crippen LogP contribution in [0.25, 0.3) is 0 Å². The van der Waals surface area contributed by atoms with Crippen molar-refractivity contribution in [1.29, 1.82) is 0 Å². The molecule has 1 unspecified atom stereocenters. The number of aromatic nitrogens is 2. The van der Waals surface area contributed by atoms with Crippen molar-refractivity contribution in [3.63, 3.8) is 0 Å². The molecular formula is C11H18N4O3. The molecule has 1 aromatic rings. The molecule has 2 heterocycles. The molecule has 1 fully saturated rings. The molecule has 0 saturated carbocycles. The van der Waals surface area contributed by atoms with Crippen LogP contribution < -0.4 is 20.1 Å². The van der Waals surface area contributed by atoms with E-state index < -0.39 is 0 Å². The van der Waals surface area contributed by atoms with Crippen LogP contribution in [-0.2, 0) is 4.74 Å². The van der Waals surface area contributed by atoms with Gasteiger partial charge < -0.3 is 24.8 Å². The Kier molecular flexibility index (Phi) is 4.54. The van der Waals surface area contributed by atoms with Gasteiger partial charge in [0.25, 0.3) is 0 Å². The van der Waals surface area contributed by atoms with E-state index in [9.17, 15) is 0 Å². The molecule has 0 radical (unpaired) electrons. The third-order valence-corrected chi connectivity index (χ3v) is 2.59. The molecule has 1 aliphatic rings. The van der Waals surface area contributed by atoms with Gasteiger partial charge in [0.2, 0.25) is 17.7 Å². The molecule has 1 aromatic heterocycles. The lowest BCUT2D eigenvalue weighted by molar-refractivity contribution is 0.0371. The second-order valence-electron chi connectivity index (χ2n) is 3.85. The Morgan fingerprint density at radius 2 is 2.11 bits per heavy atom. The van der Waals surface area contributed by atoms with Gasteiger partial charge >= 0.3 is 0 Å². The van der Waals surface area contributed by atoms with Gasteiger partial charge in [0, 0.05) is 19.6 Å². The van der Waals surface area contributed by atoms with E-state index in [0.717, 1.165) is 19.7 Å². The number of nitrogens with one attached hydrogen (secondary N) is 2. The first-order valence-electron chi connectivity index (χ1n) is 5.85. The van der Waals surface area contributed by atoms with Gasteiger partial charge in [-0.15, -0.1) is 0 Å². The number of anilines is 1. The molecule has 1 atom stereocenters. The van der Waals surface area contributed by atoms with Gasteiger partial charge in [-0.05, 0) is 0 Å². The van der Waals surface area contributed by atoms with Gasteiger partial charge in [-0.25, -0.2) is 0 Å². The summed E-state index contributed by atoms with van der Waals surface area (Å²) in [7, 11) is 3.11. The second-order valence-corrected chi connectivity index (χ2v) is 3.85. The van der Waals surface area contributed by atoms with E-state index in [0.29, 0.717) is 24.3 Å². The normalized spacial score (nSPS) is 19.3. The highest BCUT2D eigenvalue weighted by Gasteiger charge is 2.14. The zero-order valence-corrected chi connectivity index (χ0v) is 10.6. The average molecular weight is 254 g/mol. The Labute approximate surface area is 106 Å². The van der Waals surface area contributed by atoms with Crippen LogP contribution in [0, 0.1) is 0 Å². The van der Waals surface area contributed by atoms with E-state index in [1.807, 2.05) is 0 Å². The Hall–Kier alpha value is -1.60. The quantitative estimate of drug-likeness (QED) is 0.759. The van der Waals surface area contributed by atoms with E-state index in [4.69, 9.17) is 14.2 Å². The first kappa shape index (κ1) is 12.8. The summed E-state index contributed by atoms with van der Waals surface area (Å²) >= 11 is 0. The molecule has 0 aromatic carbocycles. The summed E-state index contributed by atoms with van der Waals surface area (Å²) in [5, 5.41) is 6.38. The van der Waals surface area contributed by atoms with Crippen molar-refractivity contribution in [3.05, 3.63) is 6.07 Å². The summed E-state index contributed by atoms with van der Waals surface area (Å²) in [6, 6.07) is 1.63. The van der Waals surface area contributed by atoms with Crippen LogP contribution >= 0.6 is 0 Å². The minimum atomic E-state index is 0.125. The summed E-state index contributed by atoms with van der Waals surface area (Å²) in [5.41, 5.74) is 0. The molecule has 18 heavy (non-hydrogen) atoms. The first-order valence-corrected chi connectivity index (χ1v) is 5.85. The monoisotopic (exact) mass is 254 g/mol. The van der Waals surface area contributed by atoms with Crippen LogP contribution in [0.3, 0.4) is 0 Å². The maximum atomic E-state index is 5.57. The van der Waals surface area contributed by atoms with Crippen molar-refractivity contribution in [2.24, 2.45) is 0 Å². The molecule has 0 spiro atoms. The second kappa shape index (κ2) is 6.36. The van der Waals surface area contributed by atoms with Gasteiger partial charge in [0.05, 0.1) is 33.0 Å². The summed E-state index contributed by atoms with van der Waals surface area (Å²) in [6.45, 7) is 3.10. The highest BCUT2D eigenvalue weighted by molar-refractivity contribution is 5.33. The van der Waals surface area contributed by atoms with Gasteiger partial charge in [-0.3, -0.25) is 0 Å². The number of hydrogen-bond acceptors (Lipinski definition) is 7. The zero-order valence-electron chi connectivity index (χ0n) is 10.6. The van der Waals surface area contributed by atoms with Crippen molar-refractivity contribution < 1.29 is 14.2 Å². The molecule has 1 saturated heterocycles. The van der Waals surface area contributed by atoms with Crippen molar-refractivity contribution in [3.8, 4) is 11.8 Å². The Balaban J connectivity index is 1.94. The fourth-order valence-electron chi connectivity index (χ4n) is 1.65. The van der Waals surface area contributed by atoms with Crippen molar-refractivity contribution >= 4 is 5.95 Å². The Bertz CT molecular complexity index is 360. The minimum absolute atomic E-state index is 0.125. The van der Waals surface area contributed by atoms with Crippen LogP contribution in [0.5, 0.6) is 11.8 Å². The first-order chi connectivity index (χ1) is 8.81. The summed E-state index contributed by atoms with van der Waals surface area (Å²) in [4.78, 5) is 8.37. The molecule has 2 rings (SSSR count). The SMILES string of the molecule is COc1cc(OC)nc(NCC2CNCCO2)n1. The maximum Gasteiger partial charge on any atom is 0.229 e. The topological polar surface area (TPSA) is 77.5 Å². The Morgan fingerprint density at radius 1 is 1.39 bits per heavy atom. The number of rotatable bonds is 5.